The molecule has 4 aromatic heterocycles. The molecule has 0 aromatic carbocycles. The number of aromatic nitrogens is 5. The number of carbonyl (C=O) groups excluding carboxylic acids is 2. The zero-order chi connectivity index (χ0) is 26.5. The predicted octanol–water partition coefficient (Wildman–Crippen LogP) is 4.15. The van der Waals surface area contributed by atoms with E-state index in [1.54, 1.807) is 23.0 Å². The molecule has 6 heterocycles. The molecule has 0 radical (unpaired) electrons. The van der Waals surface area contributed by atoms with Crippen LogP contribution in [0.15, 0.2) is 37.1 Å². The topological polar surface area (TPSA) is 109 Å². The maximum Gasteiger partial charge on any atom is 0.260 e. The van der Waals surface area contributed by atoms with Gasteiger partial charge in [0.1, 0.15) is 4.83 Å². The van der Waals surface area contributed by atoms with Crippen molar-refractivity contribution in [2.75, 3.05) is 25.0 Å². The summed E-state index contributed by atoms with van der Waals surface area (Å²) < 4.78 is 3.74. The molecule has 4 fully saturated rings. The molecule has 0 unspecified atom stereocenters. The summed E-state index contributed by atoms with van der Waals surface area (Å²) in [6.45, 7) is 4.45. The minimum Gasteiger partial charge on any atom is -0.351 e. The molecule has 4 aromatic rings. The van der Waals surface area contributed by atoms with Crippen LogP contribution in [0.1, 0.15) is 71.0 Å². The van der Waals surface area contributed by atoms with Crippen molar-refractivity contribution in [1.29, 1.82) is 0 Å². The molecule has 0 atom stereocenters. The highest BCUT2D eigenvalue weighted by atomic mass is 32.1. The zero-order valence-corrected chi connectivity index (χ0v) is 22.8. The van der Waals surface area contributed by atoms with Crippen LogP contribution in [-0.2, 0) is 0 Å². The maximum absolute atomic E-state index is 13.3. The maximum atomic E-state index is 13.3. The third kappa shape index (κ3) is 4.85. The monoisotopic (exact) mass is 544 g/mol. The van der Waals surface area contributed by atoms with Gasteiger partial charge in [-0.3, -0.25) is 24.2 Å². The number of fused-ring (bicyclic) bond motifs is 4. The zero-order valence-electron chi connectivity index (χ0n) is 22.0. The molecule has 4 aliphatic rings. The van der Waals surface area contributed by atoms with Crippen molar-refractivity contribution >= 4 is 33.7 Å². The van der Waals surface area contributed by atoms with Gasteiger partial charge in [0, 0.05) is 49.8 Å². The van der Waals surface area contributed by atoms with Crippen molar-refractivity contribution in [2.24, 2.45) is 5.92 Å². The van der Waals surface area contributed by atoms with E-state index in [9.17, 15) is 9.59 Å². The SMILES string of the molecule is Cc1ncc(C(=O)NCCN2CC3CCC2CC3)cc1NC(=O)c1cnn2cc(-c3cnn(C4CC4)c3)sc12. The summed E-state index contributed by atoms with van der Waals surface area (Å²) in [6.07, 6.45) is 16.6. The molecular formula is C28H32N8O2S. The molecule has 2 saturated carbocycles. The van der Waals surface area contributed by atoms with Gasteiger partial charge in [-0.25, -0.2) is 4.52 Å². The molecule has 202 valence electrons. The van der Waals surface area contributed by atoms with Crippen LogP contribution in [0.2, 0.25) is 0 Å². The van der Waals surface area contributed by atoms with Gasteiger partial charge in [0.2, 0.25) is 0 Å². The van der Waals surface area contributed by atoms with Gasteiger partial charge in [-0.1, -0.05) is 0 Å². The molecule has 2 N–H and O–H groups in total. The van der Waals surface area contributed by atoms with E-state index in [-0.39, 0.29) is 11.8 Å². The Morgan fingerprint density at radius 2 is 1.82 bits per heavy atom. The van der Waals surface area contributed by atoms with E-state index in [0.29, 0.717) is 41.1 Å². The number of aryl methyl sites for hydroxylation is 1. The lowest BCUT2D eigenvalue weighted by Gasteiger charge is -2.45. The largest absolute Gasteiger partial charge is 0.351 e. The number of amides is 2. The summed E-state index contributed by atoms with van der Waals surface area (Å²) in [6, 6.07) is 2.89. The van der Waals surface area contributed by atoms with Crippen molar-refractivity contribution in [1.82, 2.24) is 34.6 Å². The summed E-state index contributed by atoms with van der Waals surface area (Å²) in [7, 11) is 0. The molecule has 0 spiro atoms. The van der Waals surface area contributed by atoms with Crippen LogP contribution in [0.5, 0.6) is 0 Å². The first kappa shape index (κ1) is 24.5. The quantitative estimate of drug-likeness (QED) is 0.345. The van der Waals surface area contributed by atoms with Gasteiger partial charge in [0.15, 0.2) is 0 Å². The first-order valence-electron chi connectivity index (χ1n) is 13.8. The lowest BCUT2D eigenvalue weighted by molar-refractivity contribution is 0.0494. The molecule has 2 aliphatic carbocycles. The van der Waals surface area contributed by atoms with E-state index in [1.807, 2.05) is 24.0 Å². The van der Waals surface area contributed by atoms with Crippen LogP contribution >= 0.6 is 11.3 Å². The van der Waals surface area contributed by atoms with Gasteiger partial charge in [-0.15, -0.1) is 11.3 Å². The van der Waals surface area contributed by atoms with Crippen molar-refractivity contribution in [3.8, 4) is 10.4 Å². The summed E-state index contributed by atoms with van der Waals surface area (Å²) in [5, 5.41) is 14.9. The Morgan fingerprint density at radius 3 is 2.59 bits per heavy atom. The van der Waals surface area contributed by atoms with Gasteiger partial charge in [-0.2, -0.15) is 10.2 Å². The number of piperidine rings is 2. The van der Waals surface area contributed by atoms with Crippen LogP contribution < -0.4 is 10.6 Å². The van der Waals surface area contributed by atoms with Crippen LogP contribution in [0.4, 0.5) is 5.69 Å². The Morgan fingerprint density at radius 1 is 1.00 bits per heavy atom. The van der Waals surface area contributed by atoms with Gasteiger partial charge in [0.25, 0.3) is 11.8 Å². The number of thiazole rings is 1. The lowest BCUT2D eigenvalue weighted by atomic mass is 9.80. The first-order valence-corrected chi connectivity index (χ1v) is 14.7. The Kier molecular flexibility index (Phi) is 6.19. The average molecular weight is 545 g/mol. The summed E-state index contributed by atoms with van der Waals surface area (Å²) in [5.74, 6) is 0.361. The summed E-state index contributed by atoms with van der Waals surface area (Å²) in [4.78, 5) is 34.8. The highest BCUT2D eigenvalue weighted by molar-refractivity contribution is 7.21. The van der Waals surface area contributed by atoms with Gasteiger partial charge < -0.3 is 10.6 Å². The molecule has 39 heavy (non-hydrogen) atoms. The second-order valence-corrected chi connectivity index (χ2v) is 12.1. The number of nitrogens with zero attached hydrogens (tertiary/aromatic N) is 6. The minimum atomic E-state index is -0.283. The van der Waals surface area contributed by atoms with E-state index >= 15 is 0 Å². The molecular weight excluding hydrogens is 512 g/mol. The Labute approximate surface area is 230 Å². The number of pyridine rings is 1. The smallest absolute Gasteiger partial charge is 0.260 e. The van der Waals surface area contributed by atoms with E-state index in [0.717, 1.165) is 34.3 Å². The van der Waals surface area contributed by atoms with Gasteiger partial charge in [-0.05, 0) is 57.4 Å². The molecule has 2 aliphatic heterocycles. The third-order valence-corrected chi connectivity index (χ3v) is 9.52. The highest BCUT2D eigenvalue weighted by Gasteiger charge is 2.33. The number of hydrogen-bond donors (Lipinski definition) is 2. The highest BCUT2D eigenvalue weighted by Crippen LogP contribution is 2.37. The number of rotatable bonds is 8. The average Bonchev–Trinajstić information content (AvgIpc) is 3.33. The molecule has 2 amide bonds. The number of nitrogens with one attached hydrogen (secondary N) is 2. The fraction of sp³-hybridized carbons (Fsp3) is 0.464. The second kappa shape index (κ2) is 9.87. The van der Waals surface area contributed by atoms with Crippen molar-refractivity contribution in [2.45, 2.75) is 57.5 Å². The summed E-state index contributed by atoms with van der Waals surface area (Å²) in [5.41, 5.74) is 3.10. The fourth-order valence-corrected chi connectivity index (χ4v) is 6.95. The molecule has 2 saturated heterocycles. The van der Waals surface area contributed by atoms with E-state index < -0.39 is 0 Å². The van der Waals surface area contributed by atoms with Crippen LogP contribution in [0.3, 0.4) is 0 Å². The van der Waals surface area contributed by atoms with E-state index in [1.165, 1.54) is 49.9 Å². The Hall–Kier alpha value is -3.57. The fourth-order valence-electron chi connectivity index (χ4n) is 5.92. The van der Waals surface area contributed by atoms with Crippen molar-refractivity contribution in [3.63, 3.8) is 0 Å². The number of carbonyl (C=O) groups is 2. The summed E-state index contributed by atoms with van der Waals surface area (Å²) >= 11 is 1.51. The van der Waals surface area contributed by atoms with E-state index in [4.69, 9.17) is 0 Å². The van der Waals surface area contributed by atoms with Gasteiger partial charge in [0.05, 0.1) is 45.8 Å². The number of anilines is 1. The third-order valence-electron chi connectivity index (χ3n) is 8.35. The molecule has 11 heteroatoms. The normalized spacial score (nSPS) is 20.9. The van der Waals surface area contributed by atoms with E-state index in [2.05, 4.69) is 36.9 Å². The van der Waals surface area contributed by atoms with Gasteiger partial charge >= 0.3 is 0 Å². The molecule has 2 bridgehead atoms. The van der Waals surface area contributed by atoms with Crippen LogP contribution in [0, 0.1) is 12.8 Å². The predicted molar refractivity (Wildman–Crippen MR) is 149 cm³/mol. The minimum absolute atomic E-state index is 0.178. The van der Waals surface area contributed by atoms with Crippen molar-refractivity contribution < 1.29 is 9.59 Å². The Balaban J connectivity index is 1.01. The second-order valence-electron chi connectivity index (χ2n) is 11.1. The molecule has 8 rings (SSSR count). The first-order chi connectivity index (χ1) is 19.0. The van der Waals surface area contributed by atoms with Crippen LogP contribution in [0.25, 0.3) is 15.3 Å². The van der Waals surface area contributed by atoms with Crippen LogP contribution in [-0.4, -0.2) is 66.8 Å². The van der Waals surface area contributed by atoms with Crippen molar-refractivity contribution in [3.05, 3.63) is 53.9 Å². The lowest BCUT2D eigenvalue weighted by Crippen LogP contribution is -2.50. The number of hydrogen-bond acceptors (Lipinski definition) is 7. The molecule has 10 nitrogen and oxygen atoms in total. The Bertz CT molecular complexity index is 1540. The standard InChI is InChI=1S/C28H32N8O2S/c1-17-24(10-19(11-30-17)26(37)29-8-9-34-14-18-2-4-21(34)5-3-18)33-27(38)23-13-32-36-16-25(39-28(23)36)20-12-31-35(15-20)22-6-7-22/h10-13,15-16,18,21-22H,2-9,14H2,1H3,(H,29,37)(H,33,38).